The van der Waals surface area contributed by atoms with Crippen molar-refractivity contribution < 1.29 is 4.79 Å². The lowest BCUT2D eigenvalue weighted by atomic mass is 10.4. The van der Waals surface area contributed by atoms with E-state index in [0.717, 1.165) is 25.1 Å². The highest BCUT2D eigenvalue weighted by Gasteiger charge is 2.27. The fourth-order valence-corrected chi connectivity index (χ4v) is 1.30. The second kappa shape index (κ2) is 4.39. The van der Waals surface area contributed by atoms with Gasteiger partial charge in [0.15, 0.2) is 0 Å². The molecule has 82 valence electrons. The lowest BCUT2D eigenvalue weighted by molar-refractivity contribution is 0.0943. The Balaban J connectivity index is 1.87. The first-order valence-corrected chi connectivity index (χ1v) is 5.22. The number of aromatic amines is 1. The average molecular weight is 209 g/mol. The largest absolute Gasteiger partial charge is 0.349 e. The maximum absolute atomic E-state index is 11.5. The Morgan fingerprint density at radius 1 is 1.60 bits per heavy atom. The van der Waals surface area contributed by atoms with Crippen LogP contribution in [0.2, 0.25) is 0 Å². The Labute approximate surface area is 87.6 Å². The molecule has 1 aliphatic carbocycles. The number of nitrogens with two attached hydrogens (primary N) is 1. The van der Waals surface area contributed by atoms with Crippen LogP contribution in [0.25, 0.3) is 0 Å². The molecule has 2 rings (SSSR count). The van der Waals surface area contributed by atoms with Crippen molar-refractivity contribution in [1.29, 1.82) is 0 Å². The molecule has 0 aromatic carbocycles. The van der Waals surface area contributed by atoms with E-state index in [2.05, 4.69) is 20.5 Å². The van der Waals surface area contributed by atoms with Crippen LogP contribution in [0.3, 0.4) is 0 Å². The van der Waals surface area contributed by atoms with Gasteiger partial charge in [0.1, 0.15) is 5.82 Å². The van der Waals surface area contributed by atoms with Gasteiger partial charge in [-0.1, -0.05) is 0 Å². The smallest absolute Gasteiger partial charge is 0.290 e. The van der Waals surface area contributed by atoms with E-state index in [1.807, 2.05) is 0 Å². The highest BCUT2D eigenvalue weighted by molar-refractivity contribution is 5.90. The summed E-state index contributed by atoms with van der Waals surface area (Å²) in [5.74, 6) is 1.32. The van der Waals surface area contributed by atoms with Gasteiger partial charge in [-0.2, -0.15) is 0 Å². The molecule has 1 aliphatic rings. The minimum atomic E-state index is -0.230. The number of aromatic nitrogens is 3. The normalized spacial score (nSPS) is 15.3. The van der Waals surface area contributed by atoms with Gasteiger partial charge in [-0.3, -0.25) is 9.89 Å². The summed E-state index contributed by atoms with van der Waals surface area (Å²) in [6.07, 6.45) is 3.05. The van der Waals surface area contributed by atoms with Crippen LogP contribution >= 0.6 is 0 Å². The zero-order valence-corrected chi connectivity index (χ0v) is 8.49. The van der Waals surface area contributed by atoms with Gasteiger partial charge < -0.3 is 11.1 Å². The standard InChI is InChI=1S/C9H15N5O/c10-4-1-5-11-9(15)8-12-7(13-14-8)6-2-3-6/h6H,1-5,10H2,(H,11,15)(H,12,13,14). The van der Waals surface area contributed by atoms with Crippen LogP contribution in [-0.2, 0) is 0 Å². The molecule has 0 aliphatic heterocycles. The van der Waals surface area contributed by atoms with Crippen LogP contribution in [0.5, 0.6) is 0 Å². The number of hydrogen-bond donors (Lipinski definition) is 3. The van der Waals surface area contributed by atoms with Crippen LogP contribution in [0.4, 0.5) is 0 Å². The van der Waals surface area contributed by atoms with Crippen LogP contribution in [0, 0.1) is 0 Å². The van der Waals surface area contributed by atoms with Crippen molar-refractivity contribution in [3.05, 3.63) is 11.6 Å². The molecule has 1 fully saturated rings. The summed E-state index contributed by atoms with van der Waals surface area (Å²) in [7, 11) is 0. The van der Waals surface area contributed by atoms with E-state index in [9.17, 15) is 4.79 Å². The van der Waals surface area contributed by atoms with Gasteiger partial charge in [0.2, 0.25) is 5.82 Å². The minimum Gasteiger partial charge on any atom is -0.349 e. The Hall–Kier alpha value is -1.43. The van der Waals surface area contributed by atoms with Crippen molar-refractivity contribution >= 4 is 5.91 Å². The first-order valence-electron chi connectivity index (χ1n) is 5.22. The number of amides is 1. The van der Waals surface area contributed by atoms with E-state index in [-0.39, 0.29) is 11.7 Å². The van der Waals surface area contributed by atoms with Crippen LogP contribution in [-0.4, -0.2) is 34.2 Å². The maximum Gasteiger partial charge on any atom is 0.290 e. The van der Waals surface area contributed by atoms with Gasteiger partial charge in [-0.05, 0) is 25.8 Å². The van der Waals surface area contributed by atoms with Crippen molar-refractivity contribution in [3.63, 3.8) is 0 Å². The van der Waals surface area contributed by atoms with Gasteiger partial charge in [0, 0.05) is 12.5 Å². The number of nitrogens with zero attached hydrogens (tertiary/aromatic N) is 2. The maximum atomic E-state index is 11.5. The number of carbonyl (C=O) groups excluding carboxylic acids is 1. The summed E-state index contributed by atoms with van der Waals surface area (Å²) >= 11 is 0. The molecule has 0 unspecified atom stereocenters. The van der Waals surface area contributed by atoms with E-state index < -0.39 is 0 Å². The lowest BCUT2D eigenvalue weighted by Crippen LogP contribution is -2.26. The molecule has 1 aromatic heterocycles. The number of rotatable bonds is 5. The predicted molar refractivity (Wildman–Crippen MR) is 54.4 cm³/mol. The summed E-state index contributed by atoms with van der Waals surface area (Å²) in [5.41, 5.74) is 5.32. The summed E-state index contributed by atoms with van der Waals surface area (Å²) in [5, 5.41) is 9.38. The molecule has 0 spiro atoms. The molecule has 0 bridgehead atoms. The Morgan fingerprint density at radius 2 is 2.40 bits per heavy atom. The second-order valence-electron chi connectivity index (χ2n) is 3.72. The van der Waals surface area contributed by atoms with Crippen molar-refractivity contribution in [3.8, 4) is 0 Å². The molecule has 1 heterocycles. The van der Waals surface area contributed by atoms with Crippen LogP contribution in [0.15, 0.2) is 0 Å². The third kappa shape index (κ3) is 2.53. The molecule has 0 atom stereocenters. The SMILES string of the molecule is NCCCNC(=O)c1n[nH]c(C2CC2)n1. The van der Waals surface area contributed by atoms with E-state index in [1.54, 1.807) is 0 Å². The minimum absolute atomic E-state index is 0.230. The third-order valence-electron chi connectivity index (χ3n) is 2.34. The van der Waals surface area contributed by atoms with Crippen molar-refractivity contribution in [2.45, 2.75) is 25.2 Å². The summed E-state index contributed by atoms with van der Waals surface area (Å²) in [6, 6.07) is 0. The Morgan fingerprint density at radius 3 is 3.07 bits per heavy atom. The molecule has 6 nitrogen and oxygen atoms in total. The van der Waals surface area contributed by atoms with Crippen molar-refractivity contribution in [2.75, 3.05) is 13.1 Å². The van der Waals surface area contributed by atoms with Crippen molar-refractivity contribution in [1.82, 2.24) is 20.5 Å². The van der Waals surface area contributed by atoms with Gasteiger partial charge in [-0.25, -0.2) is 4.98 Å². The van der Waals surface area contributed by atoms with Crippen molar-refractivity contribution in [2.24, 2.45) is 5.73 Å². The second-order valence-corrected chi connectivity index (χ2v) is 3.72. The van der Waals surface area contributed by atoms with E-state index in [0.29, 0.717) is 19.0 Å². The average Bonchev–Trinajstić information content (AvgIpc) is 2.97. The molecule has 1 amide bonds. The first-order chi connectivity index (χ1) is 7.31. The third-order valence-corrected chi connectivity index (χ3v) is 2.34. The lowest BCUT2D eigenvalue weighted by Gasteiger charge is -1.99. The van der Waals surface area contributed by atoms with Gasteiger partial charge in [0.25, 0.3) is 5.91 Å². The molecular weight excluding hydrogens is 194 g/mol. The Kier molecular flexibility index (Phi) is 2.96. The number of H-pyrrole nitrogens is 1. The quantitative estimate of drug-likeness (QED) is 0.583. The van der Waals surface area contributed by atoms with E-state index in [4.69, 9.17) is 5.73 Å². The van der Waals surface area contributed by atoms with E-state index in [1.165, 1.54) is 0 Å². The summed E-state index contributed by atoms with van der Waals surface area (Å²) in [6.45, 7) is 1.14. The molecule has 1 saturated carbocycles. The topological polar surface area (TPSA) is 96.7 Å². The van der Waals surface area contributed by atoms with Gasteiger partial charge in [-0.15, -0.1) is 5.10 Å². The Bertz CT molecular complexity index is 344. The van der Waals surface area contributed by atoms with E-state index >= 15 is 0 Å². The highest BCUT2D eigenvalue weighted by atomic mass is 16.2. The predicted octanol–water partition coefficient (Wildman–Crippen LogP) is -0.239. The summed E-state index contributed by atoms with van der Waals surface area (Å²) in [4.78, 5) is 15.6. The first kappa shape index (κ1) is 10.1. The fourth-order valence-electron chi connectivity index (χ4n) is 1.30. The molecular formula is C9H15N5O. The number of carbonyl (C=O) groups is 1. The summed E-state index contributed by atoms with van der Waals surface area (Å²) < 4.78 is 0. The monoisotopic (exact) mass is 209 g/mol. The number of nitrogens with one attached hydrogen (secondary N) is 2. The van der Waals surface area contributed by atoms with Gasteiger partial charge >= 0.3 is 0 Å². The molecule has 4 N–H and O–H groups in total. The molecule has 15 heavy (non-hydrogen) atoms. The molecule has 0 radical (unpaired) electrons. The molecule has 0 saturated heterocycles. The number of hydrogen-bond acceptors (Lipinski definition) is 4. The highest BCUT2D eigenvalue weighted by Crippen LogP contribution is 2.37. The molecule has 6 heteroatoms. The zero-order valence-electron chi connectivity index (χ0n) is 8.49. The van der Waals surface area contributed by atoms with Crippen LogP contribution < -0.4 is 11.1 Å². The zero-order chi connectivity index (χ0) is 10.7. The molecule has 1 aromatic rings. The van der Waals surface area contributed by atoms with Crippen LogP contribution in [0.1, 0.15) is 41.6 Å². The fraction of sp³-hybridized carbons (Fsp3) is 0.667. The van der Waals surface area contributed by atoms with Gasteiger partial charge in [0.05, 0.1) is 0 Å².